The van der Waals surface area contributed by atoms with Crippen LogP contribution in [-0.2, 0) is 0 Å². The summed E-state index contributed by atoms with van der Waals surface area (Å²) in [6.07, 6.45) is 0. The van der Waals surface area contributed by atoms with E-state index in [1.807, 2.05) is 0 Å². The van der Waals surface area contributed by atoms with E-state index in [9.17, 15) is 19.3 Å². The summed E-state index contributed by atoms with van der Waals surface area (Å²) in [4.78, 5) is 21.3. The van der Waals surface area contributed by atoms with E-state index in [0.29, 0.717) is 11.6 Å². The second-order valence-electron chi connectivity index (χ2n) is 4.23. The van der Waals surface area contributed by atoms with E-state index in [4.69, 9.17) is 9.84 Å². The number of ether oxygens (including phenoxy) is 1. The van der Waals surface area contributed by atoms with Gasteiger partial charge in [0, 0.05) is 0 Å². The second kappa shape index (κ2) is 5.58. The lowest BCUT2D eigenvalue weighted by atomic mass is 10.1. The van der Waals surface area contributed by atoms with Crippen molar-refractivity contribution in [3.63, 3.8) is 0 Å². The maximum absolute atomic E-state index is 13.1. The predicted octanol–water partition coefficient (Wildman–Crippen LogP) is 3.53. The molecule has 0 aliphatic rings. The smallest absolute Gasteiger partial charge is 0.339 e. The van der Waals surface area contributed by atoms with Crippen LogP contribution in [-0.4, -0.2) is 16.0 Å². The van der Waals surface area contributed by atoms with Crippen molar-refractivity contribution in [2.75, 3.05) is 0 Å². The van der Waals surface area contributed by atoms with E-state index in [0.717, 1.165) is 12.1 Å². The Hall–Kier alpha value is -2.96. The summed E-state index contributed by atoms with van der Waals surface area (Å²) < 4.78 is 18.4. The highest BCUT2D eigenvalue weighted by Gasteiger charge is 2.20. The number of carboxylic acid groups (broad SMARTS) is 1. The lowest BCUT2D eigenvalue weighted by molar-refractivity contribution is -0.385. The molecule has 0 amide bonds. The van der Waals surface area contributed by atoms with Crippen molar-refractivity contribution in [3.8, 4) is 11.5 Å². The Morgan fingerprint density at radius 1 is 1.33 bits per heavy atom. The van der Waals surface area contributed by atoms with Crippen LogP contribution in [0.1, 0.15) is 15.9 Å². The summed E-state index contributed by atoms with van der Waals surface area (Å²) in [5.74, 6) is -2.24. The Morgan fingerprint density at radius 3 is 2.67 bits per heavy atom. The normalized spacial score (nSPS) is 10.2. The maximum atomic E-state index is 13.1. The molecule has 0 saturated carbocycles. The van der Waals surface area contributed by atoms with Crippen molar-refractivity contribution >= 4 is 11.7 Å². The van der Waals surface area contributed by atoms with Gasteiger partial charge in [-0.05, 0) is 30.7 Å². The number of hydrogen-bond donors (Lipinski definition) is 1. The molecule has 0 spiro atoms. The molecule has 0 saturated heterocycles. The lowest BCUT2D eigenvalue weighted by Gasteiger charge is -2.11. The highest BCUT2D eigenvalue weighted by atomic mass is 19.1. The zero-order valence-electron chi connectivity index (χ0n) is 10.9. The first-order valence-corrected chi connectivity index (χ1v) is 5.85. The van der Waals surface area contributed by atoms with Gasteiger partial charge in [0.15, 0.2) is 0 Å². The minimum Gasteiger partial charge on any atom is -0.478 e. The molecule has 1 N–H and O–H groups in total. The Labute approximate surface area is 118 Å². The molecule has 2 aromatic carbocycles. The van der Waals surface area contributed by atoms with E-state index in [2.05, 4.69) is 0 Å². The largest absolute Gasteiger partial charge is 0.478 e. The molecule has 0 atom stereocenters. The van der Waals surface area contributed by atoms with Gasteiger partial charge in [-0.1, -0.05) is 12.1 Å². The van der Waals surface area contributed by atoms with Gasteiger partial charge in [0.2, 0.25) is 5.75 Å². The molecule has 2 aromatic rings. The first kappa shape index (κ1) is 14.4. The lowest BCUT2D eigenvalue weighted by Crippen LogP contribution is -2.02. The van der Waals surface area contributed by atoms with Crippen LogP contribution in [0, 0.1) is 22.9 Å². The summed E-state index contributed by atoms with van der Waals surface area (Å²) in [6.45, 7) is 1.61. The molecule has 0 bridgehead atoms. The maximum Gasteiger partial charge on any atom is 0.339 e. The standard InChI is InChI=1S/C14H10FNO5/c1-8-3-2-4-10(14(17)18)13(8)21-12-6-5-9(15)7-11(12)16(19)20/h2-7H,1H3,(H,17,18). The summed E-state index contributed by atoms with van der Waals surface area (Å²) in [7, 11) is 0. The van der Waals surface area contributed by atoms with Crippen molar-refractivity contribution in [2.24, 2.45) is 0 Å². The van der Waals surface area contributed by atoms with Crippen LogP contribution in [0.2, 0.25) is 0 Å². The van der Waals surface area contributed by atoms with Gasteiger partial charge in [0.05, 0.1) is 11.0 Å². The van der Waals surface area contributed by atoms with E-state index in [1.54, 1.807) is 13.0 Å². The van der Waals surface area contributed by atoms with Crippen molar-refractivity contribution in [1.29, 1.82) is 0 Å². The van der Waals surface area contributed by atoms with Crippen LogP contribution in [0.4, 0.5) is 10.1 Å². The Bertz CT molecular complexity index is 729. The predicted molar refractivity (Wildman–Crippen MR) is 71.3 cm³/mol. The van der Waals surface area contributed by atoms with Crippen LogP contribution >= 0.6 is 0 Å². The van der Waals surface area contributed by atoms with E-state index in [-0.39, 0.29) is 17.1 Å². The molecule has 0 aliphatic heterocycles. The fraction of sp³-hybridized carbons (Fsp3) is 0.0714. The fourth-order valence-electron chi connectivity index (χ4n) is 1.79. The first-order valence-electron chi connectivity index (χ1n) is 5.85. The number of nitro groups is 1. The molecule has 6 nitrogen and oxygen atoms in total. The molecule has 0 unspecified atom stereocenters. The number of para-hydroxylation sites is 1. The molecule has 0 aromatic heterocycles. The molecule has 21 heavy (non-hydrogen) atoms. The third kappa shape index (κ3) is 2.97. The molecular weight excluding hydrogens is 281 g/mol. The molecule has 0 aliphatic carbocycles. The monoisotopic (exact) mass is 291 g/mol. The fourth-order valence-corrected chi connectivity index (χ4v) is 1.79. The minimum absolute atomic E-state index is 0.0142. The van der Waals surface area contributed by atoms with Gasteiger partial charge < -0.3 is 9.84 Å². The Balaban J connectivity index is 2.53. The molecule has 7 heteroatoms. The number of rotatable bonds is 4. The topological polar surface area (TPSA) is 89.7 Å². The average molecular weight is 291 g/mol. The third-order valence-electron chi connectivity index (χ3n) is 2.77. The highest BCUT2D eigenvalue weighted by molar-refractivity contribution is 5.91. The zero-order chi connectivity index (χ0) is 15.6. The molecule has 108 valence electrons. The van der Waals surface area contributed by atoms with Gasteiger partial charge in [-0.2, -0.15) is 0 Å². The van der Waals surface area contributed by atoms with Gasteiger partial charge in [-0.15, -0.1) is 0 Å². The van der Waals surface area contributed by atoms with Gasteiger partial charge in [0.25, 0.3) is 0 Å². The van der Waals surface area contributed by atoms with Crippen molar-refractivity contribution < 1.29 is 24.0 Å². The Kier molecular flexibility index (Phi) is 3.84. The molecule has 2 rings (SSSR count). The second-order valence-corrected chi connectivity index (χ2v) is 4.23. The van der Waals surface area contributed by atoms with Crippen molar-refractivity contribution in [1.82, 2.24) is 0 Å². The van der Waals surface area contributed by atoms with Crippen LogP contribution in [0.15, 0.2) is 36.4 Å². The van der Waals surface area contributed by atoms with E-state index < -0.39 is 22.4 Å². The number of hydrogen-bond acceptors (Lipinski definition) is 4. The molecule has 0 heterocycles. The molecule has 0 fully saturated rings. The average Bonchev–Trinajstić information content (AvgIpc) is 2.42. The summed E-state index contributed by atoms with van der Waals surface area (Å²) in [5, 5.41) is 20.0. The quantitative estimate of drug-likeness (QED) is 0.687. The van der Waals surface area contributed by atoms with Gasteiger partial charge >= 0.3 is 11.7 Å². The van der Waals surface area contributed by atoms with Crippen molar-refractivity contribution in [3.05, 3.63) is 63.5 Å². The summed E-state index contributed by atoms with van der Waals surface area (Å²) in [6, 6.07) is 7.27. The number of carboxylic acids is 1. The van der Waals surface area contributed by atoms with Crippen molar-refractivity contribution in [2.45, 2.75) is 6.92 Å². The number of nitro benzene ring substituents is 1. The SMILES string of the molecule is Cc1cccc(C(=O)O)c1Oc1ccc(F)cc1[N+](=O)[O-]. The van der Waals surface area contributed by atoms with Gasteiger partial charge in [0.1, 0.15) is 17.1 Å². The number of carbonyl (C=O) groups is 1. The highest BCUT2D eigenvalue weighted by Crippen LogP contribution is 2.35. The zero-order valence-corrected chi connectivity index (χ0v) is 10.9. The van der Waals surface area contributed by atoms with E-state index in [1.165, 1.54) is 12.1 Å². The van der Waals surface area contributed by atoms with Crippen LogP contribution in [0.3, 0.4) is 0 Å². The number of aromatic carboxylic acids is 1. The minimum atomic E-state index is -1.22. The van der Waals surface area contributed by atoms with Crippen LogP contribution in [0.25, 0.3) is 0 Å². The Morgan fingerprint density at radius 2 is 2.05 bits per heavy atom. The first-order chi connectivity index (χ1) is 9.90. The number of aryl methyl sites for hydroxylation is 1. The summed E-state index contributed by atoms with van der Waals surface area (Å²) in [5.41, 5.74) is -0.211. The molecule has 0 radical (unpaired) electrons. The summed E-state index contributed by atoms with van der Waals surface area (Å²) >= 11 is 0. The molecular formula is C14H10FNO5. The number of benzene rings is 2. The van der Waals surface area contributed by atoms with Gasteiger partial charge in [-0.3, -0.25) is 10.1 Å². The number of halogens is 1. The number of nitrogens with zero attached hydrogens (tertiary/aromatic N) is 1. The van der Waals surface area contributed by atoms with Gasteiger partial charge in [-0.25, -0.2) is 9.18 Å². The van der Waals surface area contributed by atoms with Crippen LogP contribution < -0.4 is 4.74 Å². The van der Waals surface area contributed by atoms with E-state index >= 15 is 0 Å². The van der Waals surface area contributed by atoms with Crippen LogP contribution in [0.5, 0.6) is 11.5 Å². The third-order valence-corrected chi connectivity index (χ3v) is 2.77.